The van der Waals surface area contributed by atoms with E-state index in [2.05, 4.69) is 0 Å². The molecule has 0 heterocycles. The maximum absolute atomic E-state index is 8.83. The van der Waals surface area contributed by atoms with E-state index in [1.165, 1.54) is 0 Å². The molecule has 0 saturated heterocycles. The summed E-state index contributed by atoms with van der Waals surface area (Å²) in [6, 6.07) is 0. The number of rotatable bonds is 4. The van der Waals surface area contributed by atoms with Crippen molar-refractivity contribution >= 4 is 16.6 Å². The average Bonchev–Trinajstić information content (AvgIpc) is 1.97. The number of aliphatic hydroxyl groups is 2. The summed E-state index contributed by atoms with van der Waals surface area (Å²) in [4.78, 5) is 0. The van der Waals surface area contributed by atoms with Crippen LogP contribution in [0, 0.1) is 0 Å². The second-order valence-electron chi connectivity index (χ2n) is 1.53. The third kappa shape index (κ3) is 6.18. The van der Waals surface area contributed by atoms with Crippen LogP contribution >= 0.6 is 11.4 Å². The van der Waals surface area contributed by atoms with Gasteiger partial charge in [0.1, 0.15) is 0 Å². The lowest BCUT2D eigenvalue weighted by Crippen LogP contribution is -2.12. The Hall–Kier alpha value is 0.0600. The molecule has 0 radical (unpaired) electrons. The van der Waals surface area contributed by atoms with Gasteiger partial charge in [-0.25, -0.2) is 0 Å². The van der Waals surface area contributed by atoms with E-state index < -0.39 is 0 Å². The van der Waals surface area contributed by atoms with E-state index in [4.69, 9.17) is 20.7 Å². The standard InChI is InChI=1S/C5H13NO3S/c6-1-3-9-5(8)10-4-2-7/h7-8,10H,1-4,6H2. The van der Waals surface area contributed by atoms with Crippen molar-refractivity contribution in [1.29, 1.82) is 0 Å². The van der Waals surface area contributed by atoms with Crippen LogP contribution in [-0.4, -0.2) is 41.0 Å². The van der Waals surface area contributed by atoms with Gasteiger partial charge < -0.3 is 20.7 Å². The molecule has 0 atom stereocenters. The number of nitrogens with two attached hydrogens (primary N) is 1. The third-order valence-electron chi connectivity index (χ3n) is 0.696. The summed E-state index contributed by atoms with van der Waals surface area (Å²) in [5.41, 5.74) is 5.10. The highest BCUT2D eigenvalue weighted by molar-refractivity contribution is 7.98. The second-order valence-corrected chi connectivity index (χ2v) is 2.67. The first-order chi connectivity index (χ1) is 4.81. The predicted molar refractivity (Wildman–Crippen MR) is 43.6 cm³/mol. The highest BCUT2D eigenvalue weighted by Gasteiger charge is 1.88. The van der Waals surface area contributed by atoms with Gasteiger partial charge in [0.15, 0.2) is 0 Å². The van der Waals surface area contributed by atoms with Crippen LogP contribution in [0.1, 0.15) is 0 Å². The van der Waals surface area contributed by atoms with Crippen LogP contribution in [-0.2, 0) is 4.74 Å². The van der Waals surface area contributed by atoms with E-state index in [1.807, 2.05) is 0 Å². The van der Waals surface area contributed by atoms with Gasteiger partial charge in [0.2, 0.25) is 5.24 Å². The molecule has 0 unspecified atom stereocenters. The number of aliphatic hydroxyl groups excluding tert-OH is 2. The van der Waals surface area contributed by atoms with Crippen LogP contribution in [0.4, 0.5) is 0 Å². The first-order valence-electron chi connectivity index (χ1n) is 2.98. The van der Waals surface area contributed by atoms with Gasteiger partial charge in [-0.05, 0) is 0 Å². The summed E-state index contributed by atoms with van der Waals surface area (Å²) in [5.74, 6) is 0.496. The number of hydrogen-bond acceptors (Lipinski definition) is 3. The first kappa shape index (κ1) is 10.1. The zero-order chi connectivity index (χ0) is 7.82. The number of hydrogen-bond donors (Lipinski definition) is 4. The van der Waals surface area contributed by atoms with E-state index in [0.717, 1.165) is 0 Å². The van der Waals surface area contributed by atoms with Crippen molar-refractivity contribution in [2.75, 3.05) is 25.5 Å². The largest absolute Gasteiger partial charge is 0.396 e. The smallest absolute Gasteiger partial charge is 0.204 e. The lowest BCUT2D eigenvalue weighted by Gasteiger charge is -1.98. The molecule has 0 fully saturated rings. The Morgan fingerprint density at radius 2 is 2.30 bits per heavy atom. The Labute approximate surface area is 63.6 Å². The van der Waals surface area contributed by atoms with Gasteiger partial charge in [-0.15, -0.1) is 11.4 Å². The van der Waals surface area contributed by atoms with Crippen LogP contribution in [0.2, 0.25) is 0 Å². The molecule has 0 rings (SSSR count). The molecular weight excluding hydrogens is 154 g/mol. The molecule has 0 bridgehead atoms. The Kier molecular flexibility index (Phi) is 7.21. The lowest BCUT2D eigenvalue weighted by atomic mass is 10.7. The summed E-state index contributed by atoms with van der Waals surface area (Å²) in [6.45, 7) is 0.764. The quantitative estimate of drug-likeness (QED) is 0.322. The molecule has 10 heavy (non-hydrogen) atoms. The fraction of sp³-hybridized carbons (Fsp3) is 0.800. The van der Waals surface area contributed by atoms with Gasteiger partial charge in [0.05, 0.1) is 13.2 Å². The van der Waals surface area contributed by atoms with Crippen molar-refractivity contribution in [2.24, 2.45) is 5.73 Å². The molecule has 0 aromatic rings. The van der Waals surface area contributed by atoms with Crippen molar-refractivity contribution in [3.05, 3.63) is 0 Å². The second kappa shape index (κ2) is 7.17. The Bertz CT molecular complexity index is 107. The Balaban J connectivity index is 3.30. The van der Waals surface area contributed by atoms with Gasteiger partial charge in [0.25, 0.3) is 0 Å². The zero-order valence-corrected chi connectivity index (χ0v) is 6.55. The molecule has 0 aliphatic heterocycles. The molecule has 0 aliphatic carbocycles. The normalized spacial score (nSPS) is 12.9. The van der Waals surface area contributed by atoms with Crippen molar-refractivity contribution in [2.45, 2.75) is 0 Å². The van der Waals surface area contributed by atoms with E-state index in [0.29, 0.717) is 30.3 Å². The van der Waals surface area contributed by atoms with Gasteiger partial charge in [-0.1, -0.05) is 0 Å². The molecule has 4 nitrogen and oxygen atoms in total. The van der Waals surface area contributed by atoms with E-state index >= 15 is 0 Å². The van der Waals surface area contributed by atoms with Gasteiger partial charge in [-0.2, -0.15) is 0 Å². The maximum Gasteiger partial charge on any atom is 0.204 e. The van der Waals surface area contributed by atoms with Gasteiger partial charge >= 0.3 is 0 Å². The molecular formula is C5H13NO3S. The Morgan fingerprint density at radius 3 is 2.80 bits per heavy atom. The average molecular weight is 167 g/mol. The molecule has 0 spiro atoms. The number of thiol groups is 1. The fourth-order valence-electron chi connectivity index (χ4n) is 0.341. The van der Waals surface area contributed by atoms with Crippen LogP contribution in [0.25, 0.3) is 0 Å². The first-order valence-corrected chi connectivity index (χ1v) is 4.06. The summed E-state index contributed by atoms with van der Waals surface area (Å²) < 4.78 is 4.72. The highest BCUT2D eigenvalue weighted by Crippen LogP contribution is 1.88. The monoisotopic (exact) mass is 167 g/mol. The van der Waals surface area contributed by atoms with E-state index in [-0.39, 0.29) is 11.8 Å². The fourth-order valence-corrected chi connectivity index (χ4v) is 0.815. The van der Waals surface area contributed by atoms with Crippen LogP contribution in [0.3, 0.4) is 0 Å². The summed E-state index contributed by atoms with van der Waals surface area (Å²) in [7, 11) is 0. The van der Waals surface area contributed by atoms with Crippen LogP contribution in [0.5, 0.6) is 0 Å². The molecule has 0 amide bonds. The molecule has 0 aromatic heterocycles. The van der Waals surface area contributed by atoms with E-state index in [9.17, 15) is 0 Å². The van der Waals surface area contributed by atoms with E-state index in [1.54, 1.807) is 0 Å². The van der Waals surface area contributed by atoms with Crippen molar-refractivity contribution < 1.29 is 14.9 Å². The minimum atomic E-state index is -0.0699. The topological polar surface area (TPSA) is 75.7 Å². The SMILES string of the molecule is NCCOC(O)=[SH]CCO. The summed E-state index contributed by atoms with van der Waals surface area (Å²) >= 11 is 0.611. The van der Waals surface area contributed by atoms with Crippen molar-refractivity contribution in [3.8, 4) is 0 Å². The van der Waals surface area contributed by atoms with Crippen molar-refractivity contribution in [3.63, 3.8) is 0 Å². The summed E-state index contributed by atoms with van der Waals surface area (Å²) in [6.07, 6.45) is 0. The van der Waals surface area contributed by atoms with Crippen LogP contribution in [0.15, 0.2) is 0 Å². The lowest BCUT2D eigenvalue weighted by molar-refractivity contribution is 0.248. The minimum Gasteiger partial charge on any atom is -0.396 e. The minimum absolute atomic E-state index is 0.0532. The van der Waals surface area contributed by atoms with Gasteiger partial charge in [0, 0.05) is 12.3 Å². The van der Waals surface area contributed by atoms with Crippen molar-refractivity contribution in [1.82, 2.24) is 0 Å². The molecule has 0 aromatic carbocycles. The molecule has 5 heteroatoms. The summed E-state index contributed by atoms with van der Waals surface area (Å²) in [5, 5.41) is 17.1. The van der Waals surface area contributed by atoms with Crippen LogP contribution < -0.4 is 5.73 Å². The molecule has 0 aliphatic rings. The zero-order valence-electron chi connectivity index (χ0n) is 5.66. The molecule has 0 saturated carbocycles. The molecule has 62 valence electrons. The Morgan fingerprint density at radius 1 is 1.60 bits per heavy atom. The molecule has 4 N–H and O–H groups in total. The predicted octanol–water partition coefficient (Wildman–Crippen LogP) is -0.935. The highest BCUT2D eigenvalue weighted by atomic mass is 32.1. The maximum atomic E-state index is 8.83. The number of ether oxygens (including phenoxy) is 1. The third-order valence-corrected chi connectivity index (χ3v) is 1.52. The van der Waals surface area contributed by atoms with Gasteiger partial charge in [-0.3, -0.25) is 0 Å².